The topological polar surface area (TPSA) is 77.3 Å². The number of piperazine rings is 1. The van der Waals surface area contributed by atoms with Gasteiger partial charge in [0.1, 0.15) is 0 Å². The van der Waals surface area contributed by atoms with E-state index in [1.807, 2.05) is 45.5 Å². The molecule has 3 heterocycles. The fourth-order valence-electron chi connectivity index (χ4n) is 4.80. The zero-order valence-electron chi connectivity index (χ0n) is 18.3. The van der Waals surface area contributed by atoms with Crippen LogP contribution in [0.3, 0.4) is 0 Å². The van der Waals surface area contributed by atoms with Crippen LogP contribution in [0.1, 0.15) is 41.6 Å². The Morgan fingerprint density at radius 1 is 1.03 bits per heavy atom. The molecule has 6 nitrogen and oxygen atoms in total. The number of pyridine rings is 1. The van der Waals surface area contributed by atoms with Gasteiger partial charge in [-0.05, 0) is 48.3 Å². The number of carbonyl (C=O) groups excluding carboxylic acids is 2. The summed E-state index contributed by atoms with van der Waals surface area (Å²) < 4.78 is 0.998. The number of carbonyl (C=O) groups is 2. The van der Waals surface area contributed by atoms with Gasteiger partial charge < -0.3 is 9.80 Å². The minimum absolute atomic E-state index is 0.0360. The van der Waals surface area contributed by atoms with Crippen LogP contribution in [0.25, 0.3) is 21.3 Å². The Morgan fingerprint density at radius 2 is 1.73 bits per heavy atom. The van der Waals surface area contributed by atoms with Crippen LogP contribution in [0, 0.1) is 17.2 Å². The standard InChI is InChI=1S/C26H24N4O2S/c27-16-26(8-9-26)19-5-3-17(4-6-19)22-20(15-28-21-7-14-33-23(21)22)25(32)30-12-10-29(11-13-30)24(31)18-1-2-18/h3-7,14-15,18H,1-2,8-13H2. The zero-order chi connectivity index (χ0) is 22.6. The van der Waals surface area contributed by atoms with E-state index >= 15 is 0 Å². The Balaban J connectivity index is 1.31. The van der Waals surface area contributed by atoms with Gasteiger partial charge in [0, 0.05) is 43.9 Å². The molecule has 2 saturated carbocycles. The van der Waals surface area contributed by atoms with E-state index in [9.17, 15) is 14.9 Å². The first-order valence-electron chi connectivity index (χ1n) is 11.6. The van der Waals surface area contributed by atoms with Crippen molar-refractivity contribution in [1.29, 1.82) is 5.26 Å². The molecule has 0 spiro atoms. The van der Waals surface area contributed by atoms with Crippen LogP contribution in [0.5, 0.6) is 0 Å². The summed E-state index contributed by atoms with van der Waals surface area (Å²) in [5, 5.41) is 11.5. The van der Waals surface area contributed by atoms with Gasteiger partial charge in [0.2, 0.25) is 5.91 Å². The lowest BCUT2D eigenvalue weighted by molar-refractivity contribution is -0.134. The molecule has 1 aromatic carbocycles. The predicted octanol–water partition coefficient (Wildman–Crippen LogP) is 4.21. The maximum Gasteiger partial charge on any atom is 0.256 e. The highest BCUT2D eigenvalue weighted by molar-refractivity contribution is 7.17. The van der Waals surface area contributed by atoms with Crippen LogP contribution in [-0.4, -0.2) is 52.8 Å². The van der Waals surface area contributed by atoms with Crippen LogP contribution in [0.2, 0.25) is 0 Å². The van der Waals surface area contributed by atoms with Gasteiger partial charge in [-0.15, -0.1) is 11.3 Å². The fourth-order valence-corrected chi connectivity index (χ4v) is 5.72. The molecule has 0 unspecified atom stereocenters. The molecule has 3 fully saturated rings. The average molecular weight is 457 g/mol. The average Bonchev–Trinajstić information content (AvgIpc) is 3.80. The third kappa shape index (κ3) is 3.50. The number of hydrogen-bond acceptors (Lipinski definition) is 5. The van der Waals surface area contributed by atoms with Crippen molar-refractivity contribution in [3.05, 3.63) is 53.0 Å². The number of rotatable bonds is 4. The lowest BCUT2D eigenvalue weighted by Gasteiger charge is -2.35. The highest BCUT2D eigenvalue weighted by Gasteiger charge is 2.44. The van der Waals surface area contributed by atoms with Crippen LogP contribution < -0.4 is 0 Å². The molecule has 0 bridgehead atoms. The normalized spacial score (nSPS) is 19.4. The second-order valence-corrected chi connectivity index (χ2v) is 10.3. The van der Waals surface area contributed by atoms with E-state index in [2.05, 4.69) is 11.1 Å². The van der Waals surface area contributed by atoms with Gasteiger partial charge in [0.15, 0.2) is 0 Å². The molecule has 7 heteroatoms. The molecule has 166 valence electrons. The van der Waals surface area contributed by atoms with Crippen LogP contribution in [0.4, 0.5) is 0 Å². The van der Waals surface area contributed by atoms with Gasteiger partial charge in [-0.3, -0.25) is 14.6 Å². The quantitative estimate of drug-likeness (QED) is 0.589. The largest absolute Gasteiger partial charge is 0.339 e. The summed E-state index contributed by atoms with van der Waals surface area (Å²) in [6, 6.07) is 12.6. The number of nitriles is 1. The molecule has 1 aliphatic heterocycles. The number of aromatic nitrogens is 1. The summed E-state index contributed by atoms with van der Waals surface area (Å²) in [5.41, 5.74) is 4.07. The molecule has 2 aromatic heterocycles. The first-order valence-corrected chi connectivity index (χ1v) is 12.4. The first kappa shape index (κ1) is 20.4. The summed E-state index contributed by atoms with van der Waals surface area (Å²) in [5.74, 6) is 0.421. The number of hydrogen-bond donors (Lipinski definition) is 0. The van der Waals surface area contributed by atoms with E-state index in [0.29, 0.717) is 31.7 Å². The zero-order valence-corrected chi connectivity index (χ0v) is 19.1. The lowest BCUT2D eigenvalue weighted by Crippen LogP contribution is -2.51. The van der Waals surface area contributed by atoms with E-state index < -0.39 is 0 Å². The van der Waals surface area contributed by atoms with E-state index in [1.165, 1.54) is 0 Å². The number of benzene rings is 1. The van der Waals surface area contributed by atoms with Gasteiger partial charge in [-0.1, -0.05) is 24.3 Å². The highest BCUT2D eigenvalue weighted by atomic mass is 32.1. The number of amides is 2. The molecule has 3 aromatic rings. The van der Waals surface area contributed by atoms with Crippen molar-refractivity contribution in [1.82, 2.24) is 14.8 Å². The minimum atomic E-state index is -0.328. The monoisotopic (exact) mass is 456 g/mol. The molecule has 1 saturated heterocycles. The highest BCUT2D eigenvalue weighted by Crippen LogP contribution is 2.48. The van der Waals surface area contributed by atoms with Crippen molar-refractivity contribution in [3.63, 3.8) is 0 Å². The molecule has 2 amide bonds. The molecular formula is C26H24N4O2S. The third-order valence-electron chi connectivity index (χ3n) is 7.20. The molecule has 2 aliphatic carbocycles. The second-order valence-electron chi connectivity index (χ2n) is 9.34. The molecule has 6 rings (SSSR count). The first-order chi connectivity index (χ1) is 16.1. The van der Waals surface area contributed by atoms with Crippen molar-refractivity contribution >= 4 is 33.4 Å². The molecule has 0 atom stereocenters. The number of fused-ring (bicyclic) bond motifs is 1. The minimum Gasteiger partial charge on any atom is -0.339 e. The molecular weight excluding hydrogens is 432 g/mol. The maximum absolute atomic E-state index is 13.6. The van der Waals surface area contributed by atoms with Crippen molar-refractivity contribution in [2.24, 2.45) is 5.92 Å². The molecule has 3 aliphatic rings. The Kier molecular flexibility index (Phi) is 4.73. The fraction of sp³-hybridized carbons (Fsp3) is 0.385. The third-order valence-corrected chi connectivity index (χ3v) is 8.12. The van der Waals surface area contributed by atoms with Gasteiger partial charge in [0.25, 0.3) is 5.91 Å². The van der Waals surface area contributed by atoms with Crippen molar-refractivity contribution in [3.8, 4) is 17.2 Å². The molecule has 33 heavy (non-hydrogen) atoms. The Labute approximate surface area is 196 Å². The summed E-state index contributed by atoms with van der Waals surface area (Å²) in [6.07, 6.45) is 5.52. The van der Waals surface area contributed by atoms with Gasteiger partial charge in [-0.2, -0.15) is 5.26 Å². The summed E-state index contributed by atoms with van der Waals surface area (Å²) in [7, 11) is 0. The Hall–Kier alpha value is -3.24. The van der Waals surface area contributed by atoms with Gasteiger partial charge in [0.05, 0.1) is 27.3 Å². The summed E-state index contributed by atoms with van der Waals surface area (Å²) >= 11 is 1.59. The van der Waals surface area contributed by atoms with E-state index in [4.69, 9.17) is 0 Å². The number of thiophene rings is 1. The van der Waals surface area contributed by atoms with Crippen molar-refractivity contribution < 1.29 is 9.59 Å². The van der Waals surface area contributed by atoms with Crippen LogP contribution >= 0.6 is 11.3 Å². The second kappa shape index (κ2) is 7.67. The van der Waals surface area contributed by atoms with E-state index in [0.717, 1.165) is 52.6 Å². The van der Waals surface area contributed by atoms with E-state index in [-0.39, 0.29) is 23.1 Å². The van der Waals surface area contributed by atoms with Gasteiger partial charge in [-0.25, -0.2) is 0 Å². The molecule has 0 radical (unpaired) electrons. The lowest BCUT2D eigenvalue weighted by atomic mass is 9.93. The maximum atomic E-state index is 13.6. The Bertz CT molecular complexity index is 1290. The SMILES string of the molecule is N#CC1(c2ccc(-c3c(C(=O)N4CCN(C(=O)C5CC5)CC4)cnc4ccsc34)cc2)CC1. The predicted molar refractivity (Wildman–Crippen MR) is 127 cm³/mol. The van der Waals surface area contributed by atoms with E-state index in [1.54, 1.807) is 17.5 Å². The van der Waals surface area contributed by atoms with Crippen LogP contribution in [0.15, 0.2) is 41.9 Å². The van der Waals surface area contributed by atoms with Crippen molar-refractivity contribution in [2.75, 3.05) is 26.2 Å². The van der Waals surface area contributed by atoms with Crippen LogP contribution in [-0.2, 0) is 10.2 Å². The summed E-state index contributed by atoms with van der Waals surface area (Å²) in [4.78, 5) is 34.3. The van der Waals surface area contributed by atoms with Crippen molar-refractivity contribution in [2.45, 2.75) is 31.1 Å². The number of nitrogens with zero attached hydrogens (tertiary/aromatic N) is 4. The summed E-state index contributed by atoms with van der Waals surface area (Å²) in [6.45, 7) is 2.28. The van der Waals surface area contributed by atoms with Gasteiger partial charge >= 0.3 is 0 Å². The smallest absolute Gasteiger partial charge is 0.256 e. The Morgan fingerprint density at radius 3 is 2.36 bits per heavy atom. The molecule has 0 N–H and O–H groups in total.